The molecule has 0 unspecified atom stereocenters. The largest absolute Gasteiger partial charge is 0.392 e. The highest BCUT2D eigenvalue weighted by atomic mass is 16.5. The minimum absolute atomic E-state index is 0.116. The molecule has 0 heterocycles. The van der Waals surface area contributed by atoms with Crippen LogP contribution in [0.5, 0.6) is 0 Å². The first-order valence-electron chi connectivity index (χ1n) is 6.73. The van der Waals surface area contributed by atoms with Gasteiger partial charge in [-0.1, -0.05) is 24.3 Å². The van der Waals surface area contributed by atoms with Gasteiger partial charge in [0.05, 0.1) is 13.2 Å². The number of ether oxygens (including phenoxy) is 1. The zero-order chi connectivity index (χ0) is 12.8. The monoisotopic (exact) mass is 249 g/mol. The number of aliphatic hydroxyl groups excluding tert-OH is 1. The van der Waals surface area contributed by atoms with E-state index in [2.05, 4.69) is 24.1 Å². The van der Waals surface area contributed by atoms with Gasteiger partial charge in [-0.3, -0.25) is 4.90 Å². The van der Waals surface area contributed by atoms with Crippen LogP contribution >= 0.6 is 0 Å². The van der Waals surface area contributed by atoms with E-state index >= 15 is 0 Å². The number of rotatable bonds is 8. The minimum atomic E-state index is 0.116. The third-order valence-corrected chi connectivity index (χ3v) is 3.33. The van der Waals surface area contributed by atoms with Gasteiger partial charge in [0.2, 0.25) is 0 Å². The Morgan fingerprint density at radius 1 is 1.22 bits per heavy atom. The standard InChI is InChI=1S/C15H23NO2/c1-16(8-9-18-12-15-6-7-15)10-13-2-4-14(11-17)5-3-13/h2-5,15,17H,6-12H2,1H3. The molecular weight excluding hydrogens is 226 g/mol. The Morgan fingerprint density at radius 3 is 2.50 bits per heavy atom. The third-order valence-electron chi connectivity index (χ3n) is 3.33. The molecular formula is C15H23NO2. The molecule has 3 heteroatoms. The van der Waals surface area contributed by atoms with Crippen molar-refractivity contribution in [2.24, 2.45) is 5.92 Å². The summed E-state index contributed by atoms with van der Waals surface area (Å²) >= 11 is 0. The van der Waals surface area contributed by atoms with Gasteiger partial charge in [0.1, 0.15) is 0 Å². The first-order chi connectivity index (χ1) is 8.78. The second kappa shape index (κ2) is 6.88. The Labute approximate surface area is 109 Å². The Hall–Kier alpha value is -0.900. The van der Waals surface area contributed by atoms with Crippen LogP contribution in [0.2, 0.25) is 0 Å². The van der Waals surface area contributed by atoms with Gasteiger partial charge in [0, 0.05) is 19.7 Å². The third kappa shape index (κ3) is 4.77. The number of aliphatic hydroxyl groups is 1. The lowest BCUT2D eigenvalue weighted by molar-refractivity contribution is 0.102. The molecule has 1 aromatic carbocycles. The highest BCUT2D eigenvalue weighted by Gasteiger charge is 2.20. The average Bonchev–Trinajstić information content (AvgIpc) is 3.20. The smallest absolute Gasteiger partial charge is 0.0681 e. The number of hydrogen-bond acceptors (Lipinski definition) is 3. The van der Waals surface area contributed by atoms with Gasteiger partial charge in [-0.15, -0.1) is 0 Å². The van der Waals surface area contributed by atoms with Crippen LogP contribution in [-0.4, -0.2) is 36.8 Å². The zero-order valence-corrected chi connectivity index (χ0v) is 11.1. The van der Waals surface area contributed by atoms with E-state index in [-0.39, 0.29) is 6.61 Å². The van der Waals surface area contributed by atoms with Crippen LogP contribution in [0.3, 0.4) is 0 Å². The topological polar surface area (TPSA) is 32.7 Å². The normalized spacial score (nSPS) is 15.3. The summed E-state index contributed by atoms with van der Waals surface area (Å²) < 4.78 is 5.63. The average molecular weight is 249 g/mol. The molecule has 0 aromatic heterocycles. The van der Waals surface area contributed by atoms with E-state index < -0.39 is 0 Å². The van der Waals surface area contributed by atoms with Gasteiger partial charge in [0.15, 0.2) is 0 Å². The Kier molecular flexibility index (Phi) is 5.17. The number of hydrogen-bond donors (Lipinski definition) is 1. The molecule has 0 amide bonds. The molecule has 0 aliphatic heterocycles. The van der Waals surface area contributed by atoms with Crippen LogP contribution in [0.25, 0.3) is 0 Å². The van der Waals surface area contributed by atoms with Crippen molar-refractivity contribution in [1.29, 1.82) is 0 Å². The van der Waals surface area contributed by atoms with E-state index in [1.165, 1.54) is 18.4 Å². The molecule has 2 rings (SSSR count). The molecule has 0 saturated heterocycles. The summed E-state index contributed by atoms with van der Waals surface area (Å²) in [5, 5.41) is 8.98. The lowest BCUT2D eigenvalue weighted by Crippen LogP contribution is -2.23. The van der Waals surface area contributed by atoms with Gasteiger partial charge in [-0.2, -0.15) is 0 Å². The van der Waals surface area contributed by atoms with Crippen molar-refractivity contribution in [3.63, 3.8) is 0 Å². The summed E-state index contributed by atoms with van der Waals surface area (Å²) in [5.41, 5.74) is 2.24. The molecule has 1 aliphatic rings. The molecule has 1 saturated carbocycles. The molecule has 0 radical (unpaired) electrons. The van der Waals surface area contributed by atoms with Crippen molar-refractivity contribution in [3.05, 3.63) is 35.4 Å². The van der Waals surface area contributed by atoms with Crippen LogP contribution < -0.4 is 0 Å². The van der Waals surface area contributed by atoms with Crippen molar-refractivity contribution < 1.29 is 9.84 Å². The van der Waals surface area contributed by atoms with E-state index in [1.54, 1.807) is 0 Å². The molecule has 1 aromatic rings. The quantitative estimate of drug-likeness (QED) is 0.716. The Morgan fingerprint density at radius 2 is 1.89 bits per heavy atom. The molecule has 1 aliphatic carbocycles. The van der Waals surface area contributed by atoms with Gasteiger partial charge in [-0.05, 0) is 36.9 Å². The van der Waals surface area contributed by atoms with Crippen molar-refractivity contribution in [2.45, 2.75) is 26.0 Å². The second-order valence-corrected chi connectivity index (χ2v) is 5.23. The summed E-state index contributed by atoms with van der Waals surface area (Å²) in [5.74, 6) is 0.848. The molecule has 100 valence electrons. The fourth-order valence-corrected chi connectivity index (χ4v) is 1.90. The Bertz CT molecular complexity index is 346. The van der Waals surface area contributed by atoms with Crippen LogP contribution in [0.1, 0.15) is 24.0 Å². The first-order valence-corrected chi connectivity index (χ1v) is 6.73. The SMILES string of the molecule is CN(CCOCC1CC1)Cc1ccc(CO)cc1. The molecule has 3 nitrogen and oxygen atoms in total. The van der Waals surface area contributed by atoms with Crippen LogP contribution in [0.15, 0.2) is 24.3 Å². The highest BCUT2D eigenvalue weighted by molar-refractivity contribution is 5.21. The Balaban J connectivity index is 1.63. The molecule has 0 atom stereocenters. The van der Waals surface area contributed by atoms with Crippen LogP contribution in [0.4, 0.5) is 0 Å². The number of likely N-dealkylation sites (N-methyl/N-ethyl adjacent to an activating group) is 1. The first kappa shape index (κ1) is 13.5. The molecule has 0 bridgehead atoms. The van der Waals surface area contributed by atoms with Gasteiger partial charge >= 0.3 is 0 Å². The lowest BCUT2D eigenvalue weighted by Gasteiger charge is -2.16. The van der Waals surface area contributed by atoms with Crippen molar-refractivity contribution in [1.82, 2.24) is 4.90 Å². The summed E-state index contributed by atoms with van der Waals surface area (Å²) in [4.78, 5) is 2.26. The van der Waals surface area contributed by atoms with Crippen LogP contribution in [-0.2, 0) is 17.9 Å². The lowest BCUT2D eigenvalue weighted by atomic mass is 10.1. The fourth-order valence-electron chi connectivity index (χ4n) is 1.90. The van der Waals surface area contributed by atoms with E-state index in [0.717, 1.165) is 37.8 Å². The summed E-state index contributed by atoms with van der Waals surface area (Å²) in [6, 6.07) is 8.11. The summed E-state index contributed by atoms with van der Waals surface area (Å²) in [7, 11) is 2.11. The van der Waals surface area contributed by atoms with Gasteiger partial charge in [-0.25, -0.2) is 0 Å². The van der Waals surface area contributed by atoms with Gasteiger partial charge < -0.3 is 9.84 Å². The van der Waals surface area contributed by atoms with E-state index in [0.29, 0.717) is 0 Å². The van der Waals surface area contributed by atoms with Crippen molar-refractivity contribution in [2.75, 3.05) is 26.8 Å². The highest BCUT2D eigenvalue weighted by Crippen LogP contribution is 2.28. The molecule has 18 heavy (non-hydrogen) atoms. The maximum Gasteiger partial charge on any atom is 0.0681 e. The van der Waals surface area contributed by atoms with E-state index in [9.17, 15) is 0 Å². The van der Waals surface area contributed by atoms with Crippen molar-refractivity contribution in [3.8, 4) is 0 Å². The predicted molar refractivity (Wildman–Crippen MR) is 72.2 cm³/mol. The fraction of sp³-hybridized carbons (Fsp3) is 0.600. The summed E-state index contributed by atoms with van der Waals surface area (Å²) in [6.07, 6.45) is 2.71. The van der Waals surface area contributed by atoms with E-state index in [1.807, 2.05) is 12.1 Å². The van der Waals surface area contributed by atoms with E-state index in [4.69, 9.17) is 9.84 Å². The number of benzene rings is 1. The predicted octanol–water partition coefficient (Wildman–Crippen LogP) is 2.04. The van der Waals surface area contributed by atoms with Crippen molar-refractivity contribution >= 4 is 0 Å². The van der Waals surface area contributed by atoms with Gasteiger partial charge in [0.25, 0.3) is 0 Å². The molecule has 0 spiro atoms. The molecule has 1 N–H and O–H groups in total. The number of nitrogens with zero attached hydrogens (tertiary/aromatic N) is 1. The maximum atomic E-state index is 8.98. The second-order valence-electron chi connectivity index (χ2n) is 5.23. The minimum Gasteiger partial charge on any atom is -0.392 e. The van der Waals surface area contributed by atoms with Crippen LogP contribution in [0, 0.1) is 5.92 Å². The summed E-state index contributed by atoms with van der Waals surface area (Å²) in [6.45, 7) is 3.78. The maximum absolute atomic E-state index is 8.98. The zero-order valence-electron chi connectivity index (χ0n) is 11.1. The molecule has 1 fully saturated rings.